The van der Waals surface area contributed by atoms with Crippen molar-refractivity contribution in [1.82, 2.24) is 0 Å². The van der Waals surface area contributed by atoms with E-state index in [2.05, 4.69) is 35.0 Å². The molecule has 126 heavy (non-hydrogen) atoms. The Morgan fingerprint density at radius 3 is 1.60 bits per heavy atom. The van der Waals surface area contributed by atoms with Crippen molar-refractivity contribution in [3.63, 3.8) is 0 Å². The van der Waals surface area contributed by atoms with Gasteiger partial charge < -0.3 is 112 Å². The summed E-state index contributed by atoms with van der Waals surface area (Å²) in [6.45, 7) is 32.9. The van der Waals surface area contributed by atoms with Gasteiger partial charge in [-0.3, -0.25) is 4.79 Å². The van der Waals surface area contributed by atoms with Crippen molar-refractivity contribution >= 4 is 14.3 Å². The van der Waals surface area contributed by atoms with Crippen molar-refractivity contribution in [2.75, 3.05) is 34.0 Å². The molecule has 0 aromatic heterocycles. The van der Waals surface area contributed by atoms with E-state index in [0.717, 1.165) is 36.0 Å². The largest absolute Gasteiger partial charge is 0.453 e. The summed E-state index contributed by atoms with van der Waals surface area (Å²) in [7, 11) is 1.33. The van der Waals surface area contributed by atoms with Gasteiger partial charge >= 0.3 is 5.97 Å². The van der Waals surface area contributed by atoms with Crippen molar-refractivity contribution in [3.8, 4) is 0 Å². The highest BCUT2D eigenvalue weighted by atomic mass is 31.2. The topological polar surface area (TPSA) is 323 Å². The monoisotopic (exact) mass is 1820 g/mol. The molecule has 0 spiro atoms. The molecule has 708 valence electrons. The van der Waals surface area contributed by atoms with Crippen LogP contribution in [0, 0.1) is 59.3 Å². The first-order valence-corrected chi connectivity index (χ1v) is 46.3. The fourth-order valence-electron chi connectivity index (χ4n) is 23.3. The Morgan fingerprint density at radius 2 is 1.02 bits per heavy atom. The quantitative estimate of drug-likeness (QED) is 0.0238. The van der Waals surface area contributed by atoms with Gasteiger partial charge in [-0.05, 0) is 184 Å². The van der Waals surface area contributed by atoms with Gasteiger partial charge in [-0.15, -0.1) is 0 Å². The van der Waals surface area contributed by atoms with Crippen molar-refractivity contribution < 1.29 is 145 Å². The van der Waals surface area contributed by atoms with E-state index >= 15 is 0 Å². The second kappa shape index (κ2) is 37.9. The first kappa shape index (κ1) is 93.5. The summed E-state index contributed by atoms with van der Waals surface area (Å²) in [5, 5.41) is 76.8. The molecule has 0 bridgehead atoms. The molecule has 1 unspecified atom stereocenters. The van der Waals surface area contributed by atoms with E-state index in [1.807, 2.05) is 106 Å². The van der Waals surface area contributed by atoms with Crippen LogP contribution in [0.5, 0.6) is 0 Å². The predicted octanol–water partition coefficient (Wildman–Crippen LogP) is 11.5. The van der Waals surface area contributed by atoms with E-state index in [-0.39, 0.29) is 66.0 Å². The molecule has 44 atom stereocenters. The molecular formula is C94H135F7NO23P. The van der Waals surface area contributed by atoms with Crippen LogP contribution in [0.3, 0.4) is 0 Å². The number of benzene rings is 2. The Labute approximate surface area is 742 Å². The van der Waals surface area contributed by atoms with Gasteiger partial charge in [0.2, 0.25) is 9.41 Å². The maximum absolute atomic E-state index is 14.6. The van der Waals surface area contributed by atoms with E-state index in [4.69, 9.17) is 73.3 Å². The molecule has 32 heteroatoms. The highest BCUT2D eigenvalue weighted by molar-refractivity contribution is 7.46. The Kier molecular flexibility index (Phi) is 28.1. The van der Waals surface area contributed by atoms with E-state index in [1.54, 1.807) is 55.1 Å². The second-order valence-electron chi connectivity index (χ2n) is 38.9. The highest BCUT2D eigenvalue weighted by Gasteiger charge is 2.81. The number of fused-ring (bicyclic) bond motifs is 16. The average molecular weight is 1820 g/mol. The third-order valence-corrected chi connectivity index (χ3v) is 31.4. The standard InChI is InChI=1S/C16H19FO2.C16H20O3.C13H19FNO3P.C11H15FO4.C10H15FO2.2C9H13FO2.C8H13FO3.2CH4O/c2*1-11-8-9-16(14(17)12(2)19-15(11)16)18-10-13-6-4-3-5-7-13;1-8-11(14)13(18-19(3)16-5-4-15-2)7-9-6-10(9)12(13)17-8;1-5-8(12)11(16-6(2)13)4-7-3-10(7,14)9(11)15-5;1-5-7(11)10(12)4-6-3-9(6,2)8(10)13-5;1-4-7(10)9(11)3-5-2-6(5)8(9)12-4;1-5-3-4-9(11)7(10)6(2)12-8(5)9;1-4-6(9)8(11)3-2-5(10)7(8)12-4;2*1-2/h3-9,11-12,14-15H,10H2,1-2H3;3-9,11-12,14-15,17H,10H2,1-2H3;8-12H,4-7H2,1,3H3;5,7-9,14H,3-4H2,1-2H3;5-8,12H,3-4H2,1-2H3;4-8,11H,2-3H2,1H3;3,6-8,11H,4H2,1-2H3;4-7,10-11H,2-3H2,1H3;2*2H,1H3/t11-,12+,14-,15-,16+;11-,12+,14+,15-,16+;8-,9-,10-,11+,12+,13-,19?;5-,7-,8+,9+,10+,11-;5-,6-,7+,8+,9-,10-;4-,5-,6-,7+,8+,9-;6-,7+,8+,9-;4-,5+,6+,7+,8-;;/m11000000../s1/i;;10D;;;6D;;;2*2T. The molecule has 20 aliphatic rings. The number of aliphatic hydroxyl groups is 9. The van der Waals surface area contributed by atoms with E-state index < -0.39 is 205 Å². The zero-order valence-corrected chi connectivity index (χ0v) is 75.8. The van der Waals surface area contributed by atoms with Gasteiger partial charge in [-0.1, -0.05) is 112 Å². The van der Waals surface area contributed by atoms with Gasteiger partial charge in [-0.25, -0.2) is 37.3 Å². The number of rotatable bonds is 12. The first-order valence-electron chi connectivity index (χ1n) is 46.5. The third kappa shape index (κ3) is 17.7. The van der Waals surface area contributed by atoms with Gasteiger partial charge in [0, 0.05) is 48.8 Å². The summed E-state index contributed by atoms with van der Waals surface area (Å²) in [5.41, 5.74) is -6.87. The van der Waals surface area contributed by atoms with Crippen LogP contribution >= 0.6 is 8.38 Å². The Hall–Kier alpha value is -4.28. The van der Waals surface area contributed by atoms with Gasteiger partial charge in [0.25, 0.3) is 0 Å². The molecule has 8 aliphatic heterocycles. The SMILES string of the molecule is CC(=O)O[C@]12C[C@@H]3C[C@]3(O)[C@H]1O[C@@H](C)[C@H]2F.CC1=CC[C@@]2(O)[C@@H]1O[C@@H](C)[C@H]2F.C[C@@H]1C=C[C@@]2(OCc3ccccc3)[C@@H]1O[C@@H](C)[C@@H]2O.C[C@@H]1C=C[C@]2(OCc3ccccc3)[C@H](F)[C@H](C)O[C@H]12.C[C@@H]1O[C@@H]2[C@@]3(C)C[C@H]3C[C@]2(O)[C@@H]1F.C[C@@H]1O[C@@H]2[C@H](O)CC[C@]2(O)[C@@H]1F.[2H][C@]12C[C@H]1C[C@]1(O)[C@H](F)[C@H](C)O[C@H]21.[2H][C@]12C[C@H]1C[C@]1(OP(C)OCC[N+]#[C-])[C@H](F)[C@H](C)O[C@H]21.[3H]OC.[3H]OC. The third-order valence-electron chi connectivity index (χ3n) is 30.2. The van der Waals surface area contributed by atoms with E-state index in [0.29, 0.717) is 77.1 Å². The molecule has 8 saturated heterocycles. The normalized spacial score (nSPS) is 52.8. The van der Waals surface area contributed by atoms with Crippen LogP contribution in [0.2, 0.25) is 0 Å². The molecule has 0 radical (unpaired) electrons. The molecule has 8 heterocycles. The van der Waals surface area contributed by atoms with Crippen molar-refractivity contribution in [2.24, 2.45) is 52.7 Å². The van der Waals surface area contributed by atoms with Crippen molar-refractivity contribution in [2.45, 2.75) is 377 Å². The Bertz CT molecular complexity index is 4210. The lowest BCUT2D eigenvalue weighted by atomic mass is 9.88. The highest BCUT2D eigenvalue weighted by Crippen LogP contribution is 2.71. The minimum atomic E-state index is -1.43. The maximum atomic E-state index is 14.6. The number of esters is 1. The zero-order chi connectivity index (χ0) is 95.3. The fraction of sp³-hybridized carbons (Fsp3) is 0.787. The molecule has 12 aliphatic carbocycles. The lowest BCUT2D eigenvalue weighted by molar-refractivity contribution is -0.172. The Balaban J connectivity index is 0.000000126. The van der Waals surface area contributed by atoms with Crippen molar-refractivity contribution in [1.29, 1.82) is 2.86 Å². The lowest BCUT2D eigenvalue weighted by Gasteiger charge is -2.34. The molecule has 9 N–H and O–H groups in total. The van der Waals surface area contributed by atoms with Crippen LogP contribution in [0.15, 0.2) is 96.6 Å². The van der Waals surface area contributed by atoms with Gasteiger partial charge in [0.1, 0.15) is 70.2 Å². The molecule has 0 amide bonds. The number of ether oxygens (including phenoxy) is 11. The average Bonchev–Trinajstić information content (AvgIpc) is 1.60. The minimum absolute atomic E-state index is 0.0163. The summed E-state index contributed by atoms with van der Waals surface area (Å²) in [6.07, 6.45) is -1.33. The van der Waals surface area contributed by atoms with Crippen LogP contribution in [-0.2, 0) is 79.2 Å². The molecule has 17 fully saturated rings. The number of aliphatic hydroxyl groups excluding tert-OH is 4. The van der Waals surface area contributed by atoms with E-state index in [9.17, 15) is 71.3 Å². The maximum Gasteiger partial charge on any atom is 0.303 e. The summed E-state index contributed by atoms with van der Waals surface area (Å²) in [6, 6.07) is 19.9. The smallest absolute Gasteiger partial charge is 0.303 e. The van der Waals surface area contributed by atoms with Crippen LogP contribution in [0.4, 0.5) is 30.7 Å². The summed E-state index contributed by atoms with van der Waals surface area (Å²) in [5.74, 6) is -0.537. The number of alkyl halides is 7. The number of carbonyl (C=O) groups is 1. The van der Waals surface area contributed by atoms with Gasteiger partial charge in [0.15, 0.2) is 57.2 Å². The second-order valence-corrected chi connectivity index (χ2v) is 40.2. The van der Waals surface area contributed by atoms with Crippen LogP contribution in [0.1, 0.15) is 175 Å². The first-order chi connectivity index (χ1) is 61.0. The molecule has 2 aromatic carbocycles. The van der Waals surface area contributed by atoms with E-state index in [1.165, 1.54) is 21.1 Å². The van der Waals surface area contributed by atoms with Gasteiger partial charge in [-0.2, -0.15) is 0 Å². The Morgan fingerprint density at radius 1 is 0.556 bits per heavy atom. The van der Waals surface area contributed by atoms with Gasteiger partial charge in [0.05, 0.1) is 104 Å². The summed E-state index contributed by atoms with van der Waals surface area (Å²) < 4.78 is 198. The predicted molar refractivity (Wildman–Crippen MR) is 449 cm³/mol. The number of hydrogen-bond donors (Lipinski definition) is 9. The molecule has 9 saturated carbocycles. The molecular weight excluding hydrogens is 1670 g/mol. The minimum Gasteiger partial charge on any atom is -0.453 e. The zero-order valence-electron chi connectivity index (χ0n) is 78.9. The number of carbonyl (C=O) groups excluding carboxylic acids is 1. The molecule has 22 rings (SSSR count). The summed E-state index contributed by atoms with van der Waals surface area (Å²) >= 11 is 0. The number of nitrogens with zero attached hydrogens (tertiary/aromatic N) is 1. The number of hydrogen-bond acceptors (Lipinski definition) is 23. The fourth-order valence-corrected chi connectivity index (χ4v) is 24.4. The van der Waals surface area contributed by atoms with Crippen molar-refractivity contribution in [3.05, 3.63) is 119 Å². The molecule has 24 nitrogen and oxygen atoms in total. The lowest BCUT2D eigenvalue weighted by Crippen LogP contribution is -2.50. The van der Waals surface area contributed by atoms with Crippen LogP contribution in [-0.4, -0.2) is 292 Å². The van der Waals surface area contributed by atoms with Crippen LogP contribution in [0.25, 0.3) is 4.85 Å². The molecule has 2 aromatic rings. The number of halogens is 7. The van der Waals surface area contributed by atoms with Crippen LogP contribution < -0.4 is 0 Å². The summed E-state index contributed by atoms with van der Waals surface area (Å²) in [4.78, 5) is 14.3.